The summed E-state index contributed by atoms with van der Waals surface area (Å²) < 4.78 is 0. The molecule has 108 valence electrons. The minimum atomic E-state index is -0.883. The molecule has 0 unspecified atom stereocenters. The molecule has 0 aromatic rings. The number of piperazine rings is 1. The van der Waals surface area contributed by atoms with Crippen molar-refractivity contribution >= 4 is 12.0 Å². The lowest BCUT2D eigenvalue weighted by Crippen LogP contribution is -2.55. The summed E-state index contributed by atoms with van der Waals surface area (Å²) in [5.74, 6) is -0.883. The molecule has 2 aliphatic rings. The number of carbonyl (C=O) groups is 2. The molecule has 0 saturated carbocycles. The predicted octanol–water partition coefficient (Wildman–Crippen LogP) is 0.681. The van der Waals surface area contributed by atoms with Crippen molar-refractivity contribution in [2.75, 3.05) is 32.7 Å². The van der Waals surface area contributed by atoms with Crippen molar-refractivity contribution < 1.29 is 14.7 Å². The normalized spacial score (nSPS) is 25.1. The SMILES string of the molecule is CC(C)N1CCN(C(=O)N2CCC[C@H]2C(=O)O)CC1. The first-order valence-electron chi connectivity index (χ1n) is 7.03. The maximum atomic E-state index is 12.4. The van der Waals surface area contributed by atoms with Crippen LogP contribution in [0.1, 0.15) is 26.7 Å². The molecule has 0 radical (unpaired) electrons. The van der Waals surface area contributed by atoms with Crippen LogP contribution in [0.5, 0.6) is 0 Å². The number of carboxylic acid groups (broad SMARTS) is 1. The average Bonchev–Trinajstić information content (AvgIpc) is 2.87. The quantitative estimate of drug-likeness (QED) is 0.801. The number of nitrogens with zero attached hydrogens (tertiary/aromatic N) is 3. The first-order valence-corrected chi connectivity index (χ1v) is 7.03. The second-order valence-corrected chi connectivity index (χ2v) is 5.59. The molecule has 6 nitrogen and oxygen atoms in total. The number of rotatable bonds is 2. The molecule has 2 amide bonds. The van der Waals surface area contributed by atoms with Gasteiger partial charge < -0.3 is 14.9 Å². The third-order valence-corrected chi connectivity index (χ3v) is 4.10. The zero-order valence-corrected chi connectivity index (χ0v) is 11.7. The Bertz CT molecular complexity index is 351. The molecule has 0 aromatic carbocycles. The van der Waals surface area contributed by atoms with Gasteiger partial charge in [-0.3, -0.25) is 4.90 Å². The number of aliphatic carboxylic acids is 1. The van der Waals surface area contributed by atoms with Crippen LogP contribution in [-0.2, 0) is 4.79 Å². The topological polar surface area (TPSA) is 64.1 Å². The van der Waals surface area contributed by atoms with Crippen LogP contribution in [0.3, 0.4) is 0 Å². The number of hydrogen-bond donors (Lipinski definition) is 1. The van der Waals surface area contributed by atoms with Gasteiger partial charge in [0.25, 0.3) is 0 Å². The maximum Gasteiger partial charge on any atom is 0.326 e. The molecular weight excluding hydrogens is 246 g/mol. The highest BCUT2D eigenvalue weighted by Crippen LogP contribution is 2.20. The Balaban J connectivity index is 1.92. The molecule has 1 N–H and O–H groups in total. The summed E-state index contributed by atoms with van der Waals surface area (Å²) in [5, 5.41) is 9.13. The van der Waals surface area contributed by atoms with Gasteiger partial charge in [-0.25, -0.2) is 9.59 Å². The number of carboxylic acids is 1. The van der Waals surface area contributed by atoms with Crippen molar-refractivity contribution in [2.45, 2.75) is 38.8 Å². The van der Waals surface area contributed by atoms with Crippen LogP contribution >= 0.6 is 0 Å². The van der Waals surface area contributed by atoms with E-state index >= 15 is 0 Å². The lowest BCUT2D eigenvalue weighted by molar-refractivity contribution is -0.141. The molecule has 2 heterocycles. The van der Waals surface area contributed by atoms with Gasteiger partial charge in [-0.15, -0.1) is 0 Å². The Morgan fingerprint density at radius 2 is 1.74 bits per heavy atom. The van der Waals surface area contributed by atoms with E-state index < -0.39 is 12.0 Å². The Kier molecular flexibility index (Phi) is 4.29. The van der Waals surface area contributed by atoms with E-state index in [1.807, 2.05) is 0 Å². The number of amides is 2. The standard InChI is InChI=1S/C13H23N3O3/c1-10(2)14-6-8-15(9-7-14)13(19)16-5-3-4-11(16)12(17)18/h10-11H,3-9H2,1-2H3,(H,17,18)/t11-/m0/s1. The van der Waals surface area contributed by atoms with E-state index in [9.17, 15) is 9.59 Å². The van der Waals surface area contributed by atoms with Crippen LogP contribution in [0.4, 0.5) is 4.79 Å². The van der Waals surface area contributed by atoms with E-state index in [1.165, 1.54) is 4.90 Å². The van der Waals surface area contributed by atoms with E-state index in [-0.39, 0.29) is 6.03 Å². The van der Waals surface area contributed by atoms with E-state index in [4.69, 9.17) is 5.11 Å². The van der Waals surface area contributed by atoms with Crippen molar-refractivity contribution in [3.05, 3.63) is 0 Å². The molecule has 19 heavy (non-hydrogen) atoms. The summed E-state index contributed by atoms with van der Waals surface area (Å²) in [5.41, 5.74) is 0. The van der Waals surface area contributed by atoms with Gasteiger partial charge in [-0.05, 0) is 26.7 Å². The maximum absolute atomic E-state index is 12.4. The van der Waals surface area contributed by atoms with Gasteiger partial charge in [-0.1, -0.05) is 0 Å². The molecule has 0 bridgehead atoms. The highest BCUT2D eigenvalue weighted by molar-refractivity contribution is 5.83. The molecular formula is C13H23N3O3. The first kappa shape index (κ1) is 14.1. The lowest BCUT2D eigenvalue weighted by atomic mass is 10.2. The highest BCUT2D eigenvalue weighted by atomic mass is 16.4. The molecule has 1 atom stereocenters. The van der Waals surface area contributed by atoms with Crippen molar-refractivity contribution in [3.63, 3.8) is 0 Å². The van der Waals surface area contributed by atoms with Gasteiger partial charge >= 0.3 is 12.0 Å². The third-order valence-electron chi connectivity index (χ3n) is 4.10. The Labute approximate surface area is 114 Å². The van der Waals surface area contributed by atoms with Gasteiger partial charge in [0.2, 0.25) is 0 Å². The molecule has 0 aliphatic carbocycles. The van der Waals surface area contributed by atoms with Crippen LogP contribution in [0.15, 0.2) is 0 Å². The second-order valence-electron chi connectivity index (χ2n) is 5.59. The molecule has 0 spiro atoms. The van der Waals surface area contributed by atoms with Gasteiger partial charge in [0.05, 0.1) is 0 Å². The summed E-state index contributed by atoms with van der Waals surface area (Å²) in [6.07, 6.45) is 1.36. The van der Waals surface area contributed by atoms with Crippen LogP contribution < -0.4 is 0 Å². The molecule has 2 saturated heterocycles. The predicted molar refractivity (Wildman–Crippen MR) is 71.0 cm³/mol. The van der Waals surface area contributed by atoms with Crippen molar-refractivity contribution in [3.8, 4) is 0 Å². The van der Waals surface area contributed by atoms with E-state index in [2.05, 4.69) is 18.7 Å². The molecule has 6 heteroatoms. The fourth-order valence-electron chi connectivity index (χ4n) is 2.86. The fraction of sp³-hybridized carbons (Fsp3) is 0.846. The van der Waals surface area contributed by atoms with Crippen LogP contribution in [-0.4, -0.2) is 76.6 Å². The van der Waals surface area contributed by atoms with Crippen molar-refractivity contribution in [2.24, 2.45) is 0 Å². The molecule has 0 aromatic heterocycles. The minimum Gasteiger partial charge on any atom is -0.480 e. The lowest BCUT2D eigenvalue weighted by Gasteiger charge is -2.39. The van der Waals surface area contributed by atoms with Crippen LogP contribution in [0.2, 0.25) is 0 Å². The molecule has 2 rings (SSSR count). The zero-order valence-electron chi connectivity index (χ0n) is 11.7. The number of urea groups is 1. The van der Waals surface area contributed by atoms with Crippen LogP contribution in [0.25, 0.3) is 0 Å². The fourth-order valence-corrected chi connectivity index (χ4v) is 2.86. The Morgan fingerprint density at radius 1 is 1.11 bits per heavy atom. The second kappa shape index (κ2) is 5.77. The summed E-state index contributed by atoms with van der Waals surface area (Å²) in [4.78, 5) is 29.1. The average molecular weight is 269 g/mol. The van der Waals surface area contributed by atoms with Gasteiger partial charge in [-0.2, -0.15) is 0 Å². The molecule has 2 aliphatic heterocycles. The monoisotopic (exact) mass is 269 g/mol. The smallest absolute Gasteiger partial charge is 0.326 e. The highest BCUT2D eigenvalue weighted by Gasteiger charge is 2.37. The van der Waals surface area contributed by atoms with Gasteiger partial charge in [0.1, 0.15) is 6.04 Å². The first-order chi connectivity index (χ1) is 9.00. The van der Waals surface area contributed by atoms with Crippen molar-refractivity contribution in [1.29, 1.82) is 0 Å². The minimum absolute atomic E-state index is 0.103. The van der Waals surface area contributed by atoms with Crippen molar-refractivity contribution in [1.82, 2.24) is 14.7 Å². The summed E-state index contributed by atoms with van der Waals surface area (Å²) in [6, 6.07) is -0.236. The van der Waals surface area contributed by atoms with Gasteiger partial charge in [0.15, 0.2) is 0 Å². The van der Waals surface area contributed by atoms with E-state index in [1.54, 1.807) is 4.90 Å². The number of hydrogen-bond acceptors (Lipinski definition) is 3. The summed E-state index contributed by atoms with van der Waals surface area (Å²) in [6.45, 7) is 8.00. The van der Waals surface area contributed by atoms with Crippen LogP contribution in [0, 0.1) is 0 Å². The summed E-state index contributed by atoms with van der Waals surface area (Å²) in [7, 11) is 0. The molecule has 2 fully saturated rings. The zero-order chi connectivity index (χ0) is 14.0. The number of carbonyl (C=O) groups excluding carboxylic acids is 1. The number of likely N-dealkylation sites (tertiary alicyclic amines) is 1. The third kappa shape index (κ3) is 3.00. The van der Waals surface area contributed by atoms with E-state index in [0.29, 0.717) is 32.1 Å². The summed E-state index contributed by atoms with van der Waals surface area (Å²) >= 11 is 0. The Morgan fingerprint density at radius 3 is 2.26 bits per heavy atom. The largest absolute Gasteiger partial charge is 0.480 e. The Hall–Kier alpha value is -1.30. The van der Waals surface area contributed by atoms with Gasteiger partial charge in [0, 0.05) is 38.8 Å². The van der Waals surface area contributed by atoms with E-state index in [0.717, 1.165) is 19.5 Å².